The Morgan fingerprint density at radius 1 is 1.39 bits per heavy atom. The summed E-state index contributed by atoms with van der Waals surface area (Å²) in [7, 11) is 5.74. The maximum Gasteiger partial charge on any atom is 0.150 e. The van der Waals surface area contributed by atoms with Gasteiger partial charge in [0.15, 0.2) is 0 Å². The van der Waals surface area contributed by atoms with Crippen LogP contribution in [0, 0.1) is 12.7 Å². The van der Waals surface area contributed by atoms with Gasteiger partial charge in [0.05, 0.1) is 5.52 Å². The molecule has 1 aliphatic rings. The number of aromatic nitrogens is 2. The minimum Gasteiger partial charge on any atom is -0.325 e. The number of hydrogen-bond donors (Lipinski definition) is 1. The molecule has 0 atom stereocenters. The molecule has 1 aromatic heterocycles. The van der Waals surface area contributed by atoms with E-state index in [1.54, 1.807) is 0 Å². The fourth-order valence-corrected chi connectivity index (χ4v) is 2.82. The van der Waals surface area contributed by atoms with Crippen LogP contribution in [0.25, 0.3) is 11.0 Å². The van der Waals surface area contributed by atoms with Gasteiger partial charge in [-0.1, -0.05) is 5.46 Å². The van der Waals surface area contributed by atoms with Gasteiger partial charge in [-0.05, 0) is 45.0 Å². The van der Waals surface area contributed by atoms with E-state index in [-0.39, 0.29) is 5.82 Å². The minimum atomic E-state index is -0.333. The molecule has 1 aliphatic heterocycles. The number of piperidine rings is 1. The van der Waals surface area contributed by atoms with Crippen molar-refractivity contribution in [3.05, 3.63) is 23.8 Å². The van der Waals surface area contributed by atoms with E-state index in [0.29, 0.717) is 17.0 Å². The summed E-state index contributed by atoms with van der Waals surface area (Å²) in [6, 6.07) is 3.54. The molecule has 92 valence electrons. The van der Waals surface area contributed by atoms with Crippen LogP contribution in [-0.2, 0) is 0 Å². The fraction of sp³-hybridized carbons (Fsp3) is 0.462. The molecule has 2 radical (unpaired) electrons. The Hall–Kier alpha value is -1.36. The first kappa shape index (κ1) is 11.7. The van der Waals surface area contributed by atoms with E-state index in [9.17, 15) is 4.39 Å². The predicted octanol–water partition coefficient (Wildman–Crippen LogP) is 1.20. The van der Waals surface area contributed by atoms with Crippen molar-refractivity contribution in [3.8, 4) is 0 Å². The lowest BCUT2D eigenvalue weighted by Gasteiger charge is -2.25. The van der Waals surface area contributed by atoms with Crippen LogP contribution in [-0.4, -0.2) is 30.5 Å². The summed E-state index contributed by atoms with van der Waals surface area (Å²) in [6.07, 6.45) is 2.09. The van der Waals surface area contributed by atoms with E-state index in [1.807, 2.05) is 13.0 Å². The van der Waals surface area contributed by atoms with Crippen LogP contribution in [0.4, 0.5) is 4.39 Å². The number of imidazole rings is 1. The zero-order chi connectivity index (χ0) is 12.7. The Labute approximate surface area is 107 Å². The fourth-order valence-electron chi connectivity index (χ4n) is 2.82. The number of fused-ring (bicyclic) bond motifs is 1. The molecule has 0 bridgehead atoms. The molecule has 2 aromatic rings. The zero-order valence-corrected chi connectivity index (χ0v) is 10.4. The SMILES string of the molecule is [B]c1cc(F)c2nc(C)n(C3CCNCC3)c2c1. The number of rotatable bonds is 1. The molecule has 2 heterocycles. The number of nitrogens with one attached hydrogen (secondary N) is 1. The lowest BCUT2D eigenvalue weighted by molar-refractivity contribution is 0.370. The van der Waals surface area contributed by atoms with Crippen molar-refractivity contribution < 1.29 is 4.39 Å². The molecule has 5 heteroatoms. The number of benzene rings is 1. The van der Waals surface area contributed by atoms with Crippen molar-refractivity contribution >= 4 is 24.3 Å². The highest BCUT2D eigenvalue weighted by Gasteiger charge is 2.20. The molecule has 18 heavy (non-hydrogen) atoms. The zero-order valence-electron chi connectivity index (χ0n) is 10.4. The van der Waals surface area contributed by atoms with Crippen molar-refractivity contribution in [3.63, 3.8) is 0 Å². The Balaban J connectivity index is 2.18. The van der Waals surface area contributed by atoms with Crippen LogP contribution in [0.2, 0.25) is 0 Å². The van der Waals surface area contributed by atoms with Gasteiger partial charge in [0.25, 0.3) is 0 Å². The smallest absolute Gasteiger partial charge is 0.150 e. The van der Waals surface area contributed by atoms with Crippen molar-refractivity contribution in [2.24, 2.45) is 0 Å². The first-order valence-electron chi connectivity index (χ1n) is 6.31. The average Bonchev–Trinajstić information content (AvgIpc) is 2.67. The maximum atomic E-state index is 13.8. The highest BCUT2D eigenvalue weighted by Crippen LogP contribution is 2.27. The molecule has 0 aliphatic carbocycles. The van der Waals surface area contributed by atoms with Crippen LogP contribution in [0.15, 0.2) is 12.1 Å². The van der Waals surface area contributed by atoms with E-state index in [1.165, 1.54) is 6.07 Å². The third-order valence-electron chi connectivity index (χ3n) is 3.62. The van der Waals surface area contributed by atoms with Crippen LogP contribution in [0.1, 0.15) is 24.7 Å². The quantitative estimate of drug-likeness (QED) is 0.763. The van der Waals surface area contributed by atoms with Crippen molar-refractivity contribution in [2.45, 2.75) is 25.8 Å². The molecule has 0 amide bonds. The van der Waals surface area contributed by atoms with E-state index >= 15 is 0 Å². The summed E-state index contributed by atoms with van der Waals surface area (Å²) in [4.78, 5) is 4.34. The van der Waals surface area contributed by atoms with Gasteiger partial charge < -0.3 is 9.88 Å². The third-order valence-corrected chi connectivity index (χ3v) is 3.62. The topological polar surface area (TPSA) is 29.9 Å². The second-order valence-electron chi connectivity index (χ2n) is 4.88. The Morgan fingerprint density at radius 3 is 2.83 bits per heavy atom. The second kappa shape index (κ2) is 4.39. The van der Waals surface area contributed by atoms with Crippen molar-refractivity contribution in [1.29, 1.82) is 0 Å². The van der Waals surface area contributed by atoms with E-state index in [2.05, 4.69) is 14.9 Å². The van der Waals surface area contributed by atoms with Gasteiger partial charge in [0, 0.05) is 6.04 Å². The summed E-state index contributed by atoms with van der Waals surface area (Å²) >= 11 is 0. The summed E-state index contributed by atoms with van der Waals surface area (Å²) in [5.41, 5.74) is 1.70. The summed E-state index contributed by atoms with van der Waals surface area (Å²) < 4.78 is 16.0. The van der Waals surface area contributed by atoms with Crippen LogP contribution in [0.5, 0.6) is 0 Å². The summed E-state index contributed by atoms with van der Waals surface area (Å²) in [6.45, 7) is 3.92. The molecule has 3 nitrogen and oxygen atoms in total. The van der Waals surface area contributed by atoms with Gasteiger partial charge in [-0.25, -0.2) is 9.37 Å². The van der Waals surface area contributed by atoms with Gasteiger partial charge in [-0.2, -0.15) is 0 Å². The van der Waals surface area contributed by atoms with Gasteiger partial charge in [-0.15, -0.1) is 0 Å². The minimum absolute atomic E-state index is 0.333. The highest BCUT2D eigenvalue weighted by molar-refractivity contribution is 6.33. The number of hydrogen-bond acceptors (Lipinski definition) is 2. The monoisotopic (exact) mass is 243 g/mol. The van der Waals surface area contributed by atoms with Gasteiger partial charge in [0.1, 0.15) is 25.0 Å². The second-order valence-corrected chi connectivity index (χ2v) is 4.88. The maximum absolute atomic E-state index is 13.8. The molecular formula is C13H15BFN3. The van der Waals surface area contributed by atoms with Gasteiger partial charge in [-0.3, -0.25) is 0 Å². The predicted molar refractivity (Wildman–Crippen MR) is 71.0 cm³/mol. The molecule has 0 saturated carbocycles. The largest absolute Gasteiger partial charge is 0.325 e. The number of aryl methyl sites for hydroxylation is 1. The number of nitrogens with zero attached hydrogens (tertiary/aromatic N) is 2. The molecule has 1 aromatic carbocycles. The number of halogens is 1. The van der Waals surface area contributed by atoms with Gasteiger partial charge in [0.2, 0.25) is 0 Å². The van der Waals surface area contributed by atoms with Crippen LogP contribution >= 0.6 is 0 Å². The molecule has 1 N–H and O–H groups in total. The first-order valence-corrected chi connectivity index (χ1v) is 6.31. The van der Waals surface area contributed by atoms with Crippen LogP contribution < -0.4 is 10.8 Å². The molecule has 1 saturated heterocycles. The molecular weight excluding hydrogens is 228 g/mol. The van der Waals surface area contributed by atoms with Gasteiger partial charge >= 0.3 is 0 Å². The van der Waals surface area contributed by atoms with E-state index in [0.717, 1.165) is 37.3 Å². The first-order chi connectivity index (χ1) is 8.66. The van der Waals surface area contributed by atoms with E-state index in [4.69, 9.17) is 7.85 Å². The molecule has 0 spiro atoms. The standard InChI is InChI=1S/C13H15BFN3/c1-8-17-13-11(15)6-9(14)7-12(13)18(8)10-2-4-16-5-3-10/h6-7,10,16H,2-5H2,1H3. The molecule has 0 unspecified atom stereocenters. The highest BCUT2D eigenvalue weighted by atomic mass is 19.1. The van der Waals surface area contributed by atoms with Crippen LogP contribution in [0.3, 0.4) is 0 Å². The lowest BCUT2D eigenvalue weighted by Crippen LogP contribution is -2.29. The third kappa shape index (κ3) is 1.83. The average molecular weight is 243 g/mol. The normalized spacial score (nSPS) is 17.4. The molecule has 3 rings (SSSR count). The summed E-state index contributed by atoms with van der Waals surface area (Å²) in [5, 5.41) is 3.33. The van der Waals surface area contributed by atoms with Crippen molar-refractivity contribution in [1.82, 2.24) is 14.9 Å². The summed E-state index contributed by atoms with van der Waals surface area (Å²) in [5.74, 6) is 0.530. The van der Waals surface area contributed by atoms with Crippen molar-refractivity contribution in [2.75, 3.05) is 13.1 Å². The Morgan fingerprint density at radius 2 is 2.11 bits per heavy atom. The van der Waals surface area contributed by atoms with E-state index < -0.39 is 0 Å². The Bertz CT molecular complexity index is 587. The molecule has 1 fully saturated rings. The lowest BCUT2D eigenvalue weighted by atomic mass is 9.95. The Kier molecular flexibility index (Phi) is 2.86.